The number of likely N-dealkylation sites (tertiary alicyclic amines) is 1. The molecule has 0 spiro atoms. The molecule has 0 N–H and O–H groups in total. The minimum Gasteiger partial charge on any atom is -0.497 e. The Morgan fingerprint density at radius 2 is 1.85 bits per heavy atom. The second kappa shape index (κ2) is 9.62. The van der Waals surface area contributed by atoms with Gasteiger partial charge in [-0.25, -0.2) is 8.42 Å². The topological polar surface area (TPSA) is 76.2 Å². The van der Waals surface area contributed by atoms with E-state index in [0.717, 1.165) is 24.2 Å². The summed E-state index contributed by atoms with van der Waals surface area (Å²) in [5.74, 6) is 0.526. The van der Waals surface area contributed by atoms with E-state index in [4.69, 9.17) is 21.1 Å². The predicted octanol–water partition coefficient (Wildman–Crippen LogP) is 4.12. The number of nitrogens with zero attached hydrogens (tertiary/aromatic N) is 2. The fourth-order valence-corrected chi connectivity index (χ4v) is 6.76. The van der Waals surface area contributed by atoms with Crippen molar-refractivity contribution < 1.29 is 22.7 Å². The molecule has 2 aliphatic heterocycles. The van der Waals surface area contributed by atoms with E-state index in [9.17, 15) is 13.2 Å². The van der Waals surface area contributed by atoms with Gasteiger partial charge in [-0.05, 0) is 62.6 Å². The molecule has 2 saturated heterocycles. The largest absolute Gasteiger partial charge is 0.497 e. The molecule has 2 heterocycles. The van der Waals surface area contributed by atoms with Gasteiger partial charge in [0.25, 0.3) is 5.91 Å². The smallest absolute Gasteiger partial charge is 0.254 e. The Morgan fingerprint density at radius 3 is 2.55 bits per heavy atom. The molecule has 3 unspecified atom stereocenters. The maximum absolute atomic E-state index is 13.5. The van der Waals surface area contributed by atoms with Crippen molar-refractivity contribution in [3.05, 3.63) is 58.6 Å². The molecule has 2 aromatic rings. The molecule has 2 aliphatic rings. The summed E-state index contributed by atoms with van der Waals surface area (Å²) in [6.07, 6.45) is 1.26. The SMILES string of the molecule is COc1cccc(C2CCCN2C(=O)c2ccc(Cl)c(S(=O)(=O)N3CC(C)OC(C)C3)c2)c1. The van der Waals surface area contributed by atoms with Gasteiger partial charge in [-0.2, -0.15) is 4.31 Å². The van der Waals surface area contributed by atoms with Gasteiger partial charge in [0.05, 0.1) is 30.4 Å². The van der Waals surface area contributed by atoms with Crippen molar-refractivity contribution in [3.8, 4) is 5.75 Å². The van der Waals surface area contributed by atoms with E-state index < -0.39 is 10.0 Å². The molecular formula is C24H29ClN2O5S. The quantitative estimate of drug-likeness (QED) is 0.627. The number of carbonyl (C=O) groups is 1. The number of carbonyl (C=O) groups excluding carboxylic acids is 1. The van der Waals surface area contributed by atoms with Gasteiger partial charge in [-0.3, -0.25) is 4.79 Å². The number of rotatable bonds is 5. The Hall–Kier alpha value is -2.13. The molecule has 0 radical (unpaired) electrons. The zero-order chi connectivity index (χ0) is 23.8. The van der Waals surface area contributed by atoms with E-state index in [1.807, 2.05) is 38.1 Å². The lowest BCUT2D eigenvalue weighted by molar-refractivity contribution is -0.0440. The first-order valence-electron chi connectivity index (χ1n) is 11.1. The first kappa shape index (κ1) is 24.0. The highest BCUT2D eigenvalue weighted by atomic mass is 35.5. The van der Waals surface area contributed by atoms with E-state index in [2.05, 4.69) is 0 Å². The second-order valence-electron chi connectivity index (χ2n) is 8.66. The number of benzene rings is 2. The molecule has 2 fully saturated rings. The van der Waals surface area contributed by atoms with Crippen LogP contribution in [0.15, 0.2) is 47.4 Å². The Morgan fingerprint density at radius 1 is 1.12 bits per heavy atom. The standard InChI is InChI=1S/C24H29ClN2O5S/c1-16-14-26(15-17(2)32-16)33(29,30)23-13-19(9-10-21(23)25)24(28)27-11-5-8-22(27)18-6-4-7-20(12-18)31-3/h4,6-7,9-10,12-13,16-17,22H,5,8,11,14-15H2,1-3H3. The molecule has 2 aromatic carbocycles. The van der Waals surface area contributed by atoms with Crippen molar-refractivity contribution in [2.45, 2.75) is 49.8 Å². The lowest BCUT2D eigenvalue weighted by Gasteiger charge is -2.34. The molecule has 178 valence electrons. The monoisotopic (exact) mass is 492 g/mol. The highest BCUT2D eigenvalue weighted by Crippen LogP contribution is 2.35. The summed E-state index contributed by atoms with van der Waals surface area (Å²) in [6.45, 7) is 4.76. The van der Waals surface area contributed by atoms with Crippen LogP contribution in [0.3, 0.4) is 0 Å². The minimum absolute atomic E-state index is 0.0477. The summed E-state index contributed by atoms with van der Waals surface area (Å²) < 4.78 is 39.2. The van der Waals surface area contributed by atoms with Gasteiger partial charge in [0.1, 0.15) is 10.6 Å². The third kappa shape index (κ3) is 4.89. The summed E-state index contributed by atoms with van der Waals surface area (Å²) in [4.78, 5) is 15.2. The lowest BCUT2D eigenvalue weighted by atomic mass is 10.0. The van der Waals surface area contributed by atoms with Gasteiger partial charge in [0, 0.05) is 25.2 Å². The first-order chi connectivity index (χ1) is 15.7. The Kier molecular flexibility index (Phi) is 7.00. The van der Waals surface area contributed by atoms with E-state index in [1.54, 1.807) is 18.1 Å². The molecule has 0 aromatic heterocycles. The van der Waals surface area contributed by atoms with Crippen LogP contribution in [-0.4, -0.2) is 62.5 Å². The first-order valence-corrected chi connectivity index (χ1v) is 12.9. The van der Waals surface area contributed by atoms with Crippen LogP contribution in [0, 0.1) is 0 Å². The minimum atomic E-state index is -3.88. The summed E-state index contributed by atoms with van der Waals surface area (Å²) in [5.41, 5.74) is 1.31. The molecule has 3 atom stereocenters. The van der Waals surface area contributed by atoms with Gasteiger partial charge < -0.3 is 14.4 Å². The van der Waals surface area contributed by atoms with Crippen LogP contribution in [0.1, 0.15) is 48.7 Å². The van der Waals surface area contributed by atoms with Crippen LogP contribution < -0.4 is 4.74 Å². The van der Waals surface area contributed by atoms with Crippen molar-refractivity contribution in [2.24, 2.45) is 0 Å². The van der Waals surface area contributed by atoms with Crippen molar-refractivity contribution in [3.63, 3.8) is 0 Å². The lowest BCUT2D eigenvalue weighted by Crippen LogP contribution is -2.48. The molecule has 33 heavy (non-hydrogen) atoms. The maximum Gasteiger partial charge on any atom is 0.254 e. The van der Waals surface area contributed by atoms with E-state index in [0.29, 0.717) is 12.1 Å². The summed E-state index contributed by atoms with van der Waals surface area (Å²) >= 11 is 6.32. The van der Waals surface area contributed by atoms with Gasteiger partial charge in [0.2, 0.25) is 10.0 Å². The number of morpholine rings is 1. The van der Waals surface area contributed by atoms with Crippen LogP contribution >= 0.6 is 11.6 Å². The highest BCUT2D eigenvalue weighted by Gasteiger charge is 2.35. The van der Waals surface area contributed by atoms with Crippen LogP contribution in [-0.2, 0) is 14.8 Å². The van der Waals surface area contributed by atoms with Crippen LogP contribution in [0.5, 0.6) is 5.75 Å². The molecule has 1 amide bonds. The maximum atomic E-state index is 13.5. The third-order valence-electron chi connectivity index (χ3n) is 6.17. The van der Waals surface area contributed by atoms with Crippen LogP contribution in [0.25, 0.3) is 0 Å². The number of hydrogen-bond donors (Lipinski definition) is 0. The number of methoxy groups -OCH3 is 1. The van der Waals surface area contributed by atoms with Gasteiger partial charge >= 0.3 is 0 Å². The molecule has 7 nitrogen and oxygen atoms in total. The molecule has 0 bridgehead atoms. The number of sulfonamides is 1. The Bertz CT molecular complexity index is 1130. The fraction of sp³-hybridized carbons (Fsp3) is 0.458. The fourth-order valence-electron chi connectivity index (χ4n) is 4.67. The predicted molar refractivity (Wildman–Crippen MR) is 126 cm³/mol. The number of halogens is 1. The summed E-state index contributed by atoms with van der Waals surface area (Å²) in [6, 6.07) is 12.1. The average molecular weight is 493 g/mol. The molecular weight excluding hydrogens is 464 g/mol. The van der Waals surface area contributed by atoms with E-state index in [1.165, 1.54) is 16.4 Å². The normalized spacial score (nSPS) is 24.1. The average Bonchev–Trinajstić information content (AvgIpc) is 3.28. The molecule has 4 rings (SSSR count). The summed E-state index contributed by atoms with van der Waals surface area (Å²) in [5, 5.41) is 0.101. The highest BCUT2D eigenvalue weighted by molar-refractivity contribution is 7.89. The van der Waals surface area contributed by atoms with Gasteiger partial charge in [-0.15, -0.1) is 0 Å². The number of amides is 1. The van der Waals surface area contributed by atoms with Crippen LogP contribution in [0.2, 0.25) is 5.02 Å². The second-order valence-corrected chi connectivity index (χ2v) is 11.0. The zero-order valence-corrected chi connectivity index (χ0v) is 20.6. The summed E-state index contributed by atoms with van der Waals surface area (Å²) in [7, 11) is -2.27. The van der Waals surface area contributed by atoms with Crippen LogP contribution in [0.4, 0.5) is 0 Å². The number of hydrogen-bond acceptors (Lipinski definition) is 5. The third-order valence-corrected chi connectivity index (χ3v) is 8.49. The van der Waals surface area contributed by atoms with Gasteiger partial charge in [0.15, 0.2) is 0 Å². The van der Waals surface area contributed by atoms with Crippen molar-refractivity contribution >= 4 is 27.5 Å². The van der Waals surface area contributed by atoms with Crippen molar-refractivity contribution in [2.75, 3.05) is 26.7 Å². The zero-order valence-electron chi connectivity index (χ0n) is 19.0. The number of ether oxygens (including phenoxy) is 2. The van der Waals surface area contributed by atoms with Gasteiger partial charge in [-0.1, -0.05) is 23.7 Å². The van der Waals surface area contributed by atoms with Crippen molar-refractivity contribution in [1.29, 1.82) is 0 Å². The molecule has 9 heteroatoms. The Balaban J connectivity index is 1.63. The van der Waals surface area contributed by atoms with Crippen molar-refractivity contribution in [1.82, 2.24) is 9.21 Å². The van der Waals surface area contributed by atoms with E-state index in [-0.39, 0.29) is 47.2 Å². The Labute approximate surface area is 200 Å². The molecule has 0 saturated carbocycles. The molecule has 0 aliphatic carbocycles. The van der Waals surface area contributed by atoms with E-state index >= 15 is 0 Å².